The molecule has 14 heavy (non-hydrogen) atoms. The topological polar surface area (TPSA) is 49.4 Å². The van der Waals surface area contributed by atoms with Crippen LogP contribution in [-0.4, -0.2) is 35.8 Å². The molecule has 0 radical (unpaired) electrons. The van der Waals surface area contributed by atoms with Crippen molar-refractivity contribution in [2.45, 2.75) is 33.2 Å². The predicted molar refractivity (Wildman–Crippen MR) is 53.6 cm³/mol. The van der Waals surface area contributed by atoms with Crippen molar-refractivity contribution in [2.75, 3.05) is 13.1 Å². The molecule has 0 saturated carbocycles. The van der Waals surface area contributed by atoms with Crippen molar-refractivity contribution in [2.24, 2.45) is 5.92 Å². The van der Waals surface area contributed by atoms with Crippen molar-refractivity contribution in [3.8, 4) is 0 Å². The number of rotatable bonds is 3. The Hall–Kier alpha value is -1.06. The van der Waals surface area contributed by atoms with Gasteiger partial charge in [-0.1, -0.05) is 13.8 Å². The Labute approximate surface area is 84.7 Å². The third-order valence-electron chi connectivity index (χ3n) is 2.42. The number of hydrogen-bond donors (Lipinski definition) is 1. The van der Waals surface area contributed by atoms with Crippen molar-refractivity contribution in [3.05, 3.63) is 0 Å². The summed E-state index contributed by atoms with van der Waals surface area (Å²) in [4.78, 5) is 24.2. The molecule has 80 valence electrons. The maximum atomic E-state index is 11.5. The predicted octanol–water partition coefficient (Wildman–Crippen LogP) is 0.379. The van der Waals surface area contributed by atoms with Gasteiger partial charge >= 0.3 is 0 Å². The highest BCUT2D eigenvalue weighted by Gasteiger charge is 2.27. The number of carbonyl (C=O) groups excluding carboxylic acids is 2. The van der Waals surface area contributed by atoms with Crippen LogP contribution < -0.4 is 5.32 Å². The van der Waals surface area contributed by atoms with Crippen molar-refractivity contribution < 1.29 is 9.59 Å². The Morgan fingerprint density at radius 3 is 2.57 bits per heavy atom. The highest BCUT2D eigenvalue weighted by Crippen LogP contribution is 2.12. The van der Waals surface area contributed by atoms with Gasteiger partial charge < -0.3 is 10.2 Å². The molecule has 0 aromatic carbocycles. The molecule has 4 heteroatoms. The minimum Gasteiger partial charge on any atom is -0.345 e. The molecule has 0 aliphatic carbocycles. The zero-order valence-electron chi connectivity index (χ0n) is 9.04. The van der Waals surface area contributed by atoms with Gasteiger partial charge in [-0.05, 0) is 19.3 Å². The summed E-state index contributed by atoms with van der Waals surface area (Å²) in [6, 6.07) is 0.161. The first-order valence-electron chi connectivity index (χ1n) is 5.07. The molecule has 0 aromatic heterocycles. The molecular weight excluding hydrogens is 180 g/mol. The normalized spacial score (nSPS) is 19.9. The zero-order valence-corrected chi connectivity index (χ0v) is 9.04. The first-order chi connectivity index (χ1) is 6.50. The summed E-state index contributed by atoms with van der Waals surface area (Å²) >= 11 is 0. The standard InChI is InChI=1S/C10H18N2O2/c1-7(2)4-8(3)12-6-9(13)11-5-10(12)14/h7-8H,4-6H2,1-3H3,(H,11,13). The van der Waals surface area contributed by atoms with Crippen LogP contribution in [0, 0.1) is 5.92 Å². The molecule has 1 aliphatic heterocycles. The van der Waals surface area contributed by atoms with Crippen LogP contribution in [0.5, 0.6) is 0 Å². The van der Waals surface area contributed by atoms with E-state index in [1.807, 2.05) is 6.92 Å². The second-order valence-corrected chi connectivity index (χ2v) is 4.28. The maximum Gasteiger partial charge on any atom is 0.242 e. The fourth-order valence-electron chi connectivity index (χ4n) is 1.79. The number of nitrogens with zero attached hydrogens (tertiary/aromatic N) is 1. The molecule has 1 unspecified atom stereocenters. The Morgan fingerprint density at radius 1 is 1.36 bits per heavy atom. The van der Waals surface area contributed by atoms with Crippen LogP contribution in [0.4, 0.5) is 0 Å². The van der Waals surface area contributed by atoms with Crippen LogP contribution in [-0.2, 0) is 9.59 Å². The van der Waals surface area contributed by atoms with Gasteiger partial charge in [0.2, 0.25) is 11.8 Å². The maximum absolute atomic E-state index is 11.5. The molecule has 0 aromatic rings. The Bertz CT molecular complexity index is 238. The molecule has 1 saturated heterocycles. The van der Waals surface area contributed by atoms with Crippen molar-refractivity contribution in [1.29, 1.82) is 0 Å². The van der Waals surface area contributed by atoms with E-state index in [1.165, 1.54) is 0 Å². The van der Waals surface area contributed by atoms with Crippen LogP contribution in [0.1, 0.15) is 27.2 Å². The summed E-state index contributed by atoms with van der Waals surface area (Å²) in [5.74, 6) is 0.515. The van der Waals surface area contributed by atoms with Gasteiger partial charge in [0.05, 0.1) is 13.1 Å². The quantitative estimate of drug-likeness (QED) is 0.712. The SMILES string of the molecule is CC(C)CC(C)N1CC(=O)NCC1=O. The summed E-state index contributed by atoms with van der Waals surface area (Å²) in [7, 11) is 0. The zero-order chi connectivity index (χ0) is 10.7. The highest BCUT2D eigenvalue weighted by molar-refractivity contribution is 5.92. The smallest absolute Gasteiger partial charge is 0.242 e. The molecule has 2 amide bonds. The number of hydrogen-bond acceptors (Lipinski definition) is 2. The van der Waals surface area contributed by atoms with E-state index in [9.17, 15) is 9.59 Å². The molecule has 1 rings (SSSR count). The lowest BCUT2D eigenvalue weighted by Gasteiger charge is -2.32. The molecule has 1 atom stereocenters. The van der Waals surface area contributed by atoms with Gasteiger partial charge in [0.15, 0.2) is 0 Å². The fourth-order valence-corrected chi connectivity index (χ4v) is 1.79. The van der Waals surface area contributed by atoms with E-state index in [1.54, 1.807) is 4.90 Å². The van der Waals surface area contributed by atoms with Gasteiger partial charge in [-0.25, -0.2) is 0 Å². The lowest BCUT2D eigenvalue weighted by Crippen LogP contribution is -2.54. The summed E-state index contributed by atoms with van der Waals surface area (Å²) < 4.78 is 0. The Kier molecular flexibility index (Phi) is 3.49. The monoisotopic (exact) mass is 198 g/mol. The second kappa shape index (κ2) is 4.44. The summed E-state index contributed by atoms with van der Waals surface area (Å²) in [6.45, 7) is 6.60. The van der Waals surface area contributed by atoms with Crippen LogP contribution in [0.25, 0.3) is 0 Å². The molecule has 1 heterocycles. The van der Waals surface area contributed by atoms with Gasteiger partial charge in [-0.3, -0.25) is 9.59 Å². The van der Waals surface area contributed by atoms with Crippen molar-refractivity contribution in [3.63, 3.8) is 0 Å². The first-order valence-corrected chi connectivity index (χ1v) is 5.07. The molecular formula is C10H18N2O2. The van der Waals surface area contributed by atoms with E-state index >= 15 is 0 Å². The van der Waals surface area contributed by atoms with Crippen molar-refractivity contribution in [1.82, 2.24) is 10.2 Å². The minimum atomic E-state index is -0.0554. The minimum absolute atomic E-state index is 0.0257. The van der Waals surface area contributed by atoms with E-state index in [0.717, 1.165) is 6.42 Å². The van der Waals surface area contributed by atoms with E-state index < -0.39 is 0 Å². The lowest BCUT2D eigenvalue weighted by atomic mass is 10.0. The van der Waals surface area contributed by atoms with Gasteiger partial charge in [-0.15, -0.1) is 0 Å². The lowest BCUT2D eigenvalue weighted by molar-refractivity contribution is -0.142. The number of nitrogens with one attached hydrogen (secondary N) is 1. The highest BCUT2D eigenvalue weighted by atomic mass is 16.2. The van der Waals surface area contributed by atoms with Crippen molar-refractivity contribution >= 4 is 11.8 Å². The first kappa shape index (κ1) is 11.0. The van der Waals surface area contributed by atoms with Crippen LogP contribution >= 0.6 is 0 Å². The average Bonchev–Trinajstić information content (AvgIpc) is 2.08. The average molecular weight is 198 g/mol. The number of carbonyl (C=O) groups is 2. The third kappa shape index (κ3) is 2.72. The number of amides is 2. The Balaban J connectivity index is 2.55. The van der Waals surface area contributed by atoms with E-state index in [0.29, 0.717) is 5.92 Å². The third-order valence-corrected chi connectivity index (χ3v) is 2.42. The molecule has 4 nitrogen and oxygen atoms in total. The van der Waals surface area contributed by atoms with E-state index in [4.69, 9.17) is 0 Å². The van der Waals surface area contributed by atoms with Crippen LogP contribution in [0.15, 0.2) is 0 Å². The van der Waals surface area contributed by atoms with Gasteiger partial charge in [0.1, 0.15) is 0 Å². The summed E-state index contributed by atoms with van der Waals surface area (Å²) in [5.41, 5.74) is 0. The molecule has 1 fully saturated rings. The van der Waals surface area contributed by atoms with E-state index in [-0.39, 0.29) is 30.9 Å². The van der Waals surface area contributed by atoms with Gasteiger partial charge in [0, 0.05) is 6.04 Å². The summed E-state index contributed by atoms with van der Waals surface area (Å²) in [6.07, 6.45) is 0.943. The molecule has 0 spiro atoms. The second-order valence-electron chi connectivity index (χ2n) is 4.28. The molecule has 0 bridgehead atoms. The largest absolute Gasteiger partial charge is 0.345 e. The van der Waals surface area contributed by atoms with Gasteiger partial charge in [0.25, 0.3) is 0 Å². The fraction of sp³-hybridized carbons (Fsp3) is 0.800. The van der Waals surface area contributed by atoms with Crippen LogP contribution in [0.2, 0.25) is 0 Å². The molecule has 1 aliphatic rings. The number of piperazine rings is 1. The van der Waals surface area contributed by atoms with Gasteiger partial charge in [-0.2, -0.15) is 0 Å². The molecule has 1 N–H and O–H groups in total. The summed E-state index contributed by atoms with van der Waals surface area (Å²) in [5, 5.41) is 2.54. The van der Waals surface area contributed by atoms with E-state index in [2.05, 4.69) is 19.2 Å². The Morgan fingerprint density at radius 2 is 2.00 bits per heavy atom. The van der Waals surface area contributed by atoms with Crippen LogP contribution in [0.3, 0.4) is 0 Å².